The van der Waals surface area contributed by atoms with E-state index in [4.69, 9.17) is 52.5 Å². The third-order valence-electron chi connectivity index (χ3n) is 9.33. The number of hydrogen-bond acceptors (Lipinski definition) is 12. The fourth-order valence-electron chi connectivity index (χ4n) is 5.62. The number of carbonyl (C=O) groups excluding carboxylic acids is 3. The van der Waals surface area contributed by atoms with Crippen LogP contribution in [0.1, 0.15) is 61.0 Å². The lowest BCUT2D eigenvalue weighted by atomic mass is 9.97. The van der Waals surface area contributed by atoms with Gasteiger partial charge in [0.1, 0.15) is 17.1 Å². The van der Waals surface area contributed by atoms with Crippen molar-refractivity contribution in [1.82, 2.24) is 31.4 Å². The lowest BCUT2D eigenvalue weighted by Crippen LogP contribution is -2.56. The van der Waals surface area contributed by atoms with E-state index < -0.39 is 41.1 Å². The number of fused-ring (bicyclic) bond motifs is 1. The number of halogens is 2. The molecule has 0 aliphatic carbocycles. The highest BCUT2D eigenvalue weighted by Gasteiger charge is 2.35. The van der Waals surface area contributed by atoms with Gasteiger partial charge in [0, 0.05) is 23.9 Å². The van der Waals surface area contributed by atoms with Crippen LogP contribution in [0, 0.1) is 27.0 Å². The van der Waals surface area contributed by atoms with Gasteiger partial charge in [0.15, 0.2) is 6.04 Å². The van der Waals surface area contributed by atoms with Gasteiger partial charge < -0.3 is 31.2 Å². The highest BCUT2D eigenvalue weighted by Crippen LogP contribution is 2.35. The fraction of sp³-hybridized carbons (Fsp3) is 0.217. The number of carboxylic acids is 1. The molecular formula is C46H51Cl2N11O8. The number of anilines is 2. The summed E-state index contributed by atoms with van der Waals surface area (Å²) in [5, 5.41) is 51.7. The van der Waals surface area contributed by atoms with Crippen molar-refractivity contribution in [2.75, 3.05) is 10.6 Å². The summed E-state index contributed by atoms with van der Waals surface area (Å²) in [5.74, 6) is 2.35. The Bertz CT molecular complexity index is 2760. The standard InChI is InChI=1S/C20H21ClN4O3.C13H15ClN2O3.C7H8N2O.C6H5N3O.H2/c1-12-14(10-11-15(22-4)16(12)21)23-17(20(2,3)28)19(27)25-24-18(26)13-8-6-5-7-9-13;1-7-8(5-6-9(15-4)10(7)14)16-11(12(17)18)13(2,3)19;8-9-7(10)6-4-2-1-3-5-6;10-9-6-4-2-1-3-5(6)7-8-9;/h5-11,17,23,28H,1-3H3,(H,24,26)(H,25,27);5-6,11,16,19H,1-3H3,(H,17,18);1-5H,8H2,(H,9,10);1-4,10H;1H/t17-;11-;;;/m00.../s1. The minimum absolute atomic E-state index is 0. The van der Waals surface area contributed by atoms with Crippen LogP contribution in [-0.4, -0.2) is 82.7 Å². The van der Waals surface area contributed by atoms with Crippen molar-refractivity contribution in [3.63, 3.8) is 0 Å². The number of nitrogens with one attached hydrogen (secondary N) is 5. The van der Waals surface area contributed by atoms with Crippen LogP contribution >= 0.6 is 23.2 Å². The number of nitrogen functional groups attached to an aromatic ring is 1. The number of amides is 3. The zero-order valence-electron chi connectivity index (χ0n) is 37.0. The van der Waals surface area contributed by atoms with E-state index in [1.165, 1.54) is 39.8 Å². The summed E-state index contributed by atoms with van der Waals surface area (Å²) < 4.78 is 0. The monoisotopic (exact) mass is 955 g/mol. The summed E-state index contributed by atoms with van der Waals surface area (Å²) in [6.45, 7) is 23.2. The average Bonchev–Trinajstić information content (AvgIpc) is 3.69. The molecule has 11 N–H and O–H groups in total. The zero-order chi connectivity index (χ0) is 50.1. The predicted molar refractivity (Wildman–Crippen MR) is 257 cm³/mol. The van der Waals surface area contributed by atoms with Crippen LogP contribution in [0.5, 0.6) is 0 Å². The van der Waals surface area contributed by atoms with E-state index in [0.29, 0.717) is 56.0 Å². The Balaban J connectivity index is 0.000000339. The molecule has 0 bridgehead atoms. The van der Waals surface area contributed by atoms with E-state index in [9.17, 15) is 29.4 Å². The average molecular weight is 957 g/mol. The number of nitrogens with zero attached hydrogens (tertiary/aromatic N) is 5. The Kier molecular flexibility index (Phi) is 19.6. The van der Waals surface area contributed by atoms with E-state index in [2.05, 4.69) is 41.5 Å². The van der Waals surface area contributed by atoms with E-state index in [-0.39, 0.29) is 17.4 Å². The highest BCUT2D eigenvalue weighted by molar-refractivity contribution is 6.35. The first-order valence-electron chi connectivity index (χ1n) is 19.8. The summed E-state index contributed by atoms with van der Waals surface area (Å²) in [6.07, 6.45) is 0. The topological polar surface area (TPSA) is 275 Å². The van der Waals surface area contributed by atoms with Crippen molar-refractivity contribution in [3.05, 3.63) is 164 Å². The third kappa shape index (κ3) is 15.4. The van der Waals surface area contributed by atoms with Crippen LogP contribution in [0.15, 0.2) is 109 Å². The second-order valence-corrected chi connectivity index (χ2v) is 16.0. The molecule has 0 unspecified atom stereocenters. The summed E-state index contributed by atoms with van der Waals surface area (Å²) >= 11 is 12.2. The number of carboxylic acid groups (broad SMARTS) is 1. The molecule has 3 amide bonds. The van der Waals surface area contributed by atoms with Crippen LogP contribution in [0.3, 0.4) is 0 Å². The quantitative estimate of drug-likeness (QED) is 0.0213. The molecule has 0 aliphatic heterocycles. The minimum Gasteiger partial charge on any atom is -0.480 e. The molecule has 1 heterocycles. The Morgan fingerprint density at radius 1 is 0.687 bits per heavy atom. The van der Waals surface area contributed by atoms with Gasteiger partial charge >= 0.3 is 5.97 Å². The molecule has 19 nitrogen and oxygen atoms in total. The first kappa shape index (κ1) is 53.6. The highest BCUT2D eigenvalue weighted by atomic mass is 35.5. The lowest BCUT2D eigenvalue weighted by Gasteiger charge is -2.30. The van der Waals surface area contributed by atoms with Crippen molar-refractivity contribution in [2.24, 2.45) is 5.84 Å². The van der Waals surface area contributed by atoms with Crippen molar-refractivity contribution < 1.29 is 41.1 Å². The van der Waals surface area contributed by atoms with E-state index in [1.807, 2.05) is 23.6 Å². The van der Waals surface area contributed by atoms with E-state index in [0.717, 1.165) is 4.85 Å². The molecule has 0 radical (unpaired) electrons. The number of aliphatic carboxylic acids is 1. The molecule has 0 aliphatic rings. The molecule has 2 atom stereocenters. The largest absolute Gasteiger partial charge is 0.480 e. The van der Waals surface area contributed by atoms with Crippen LogP contribution in [-0.2, 0) is 9.59 Å². The summed E-state index contributed by atoms with van der Waals surface area (Å²) in [7, 11) is 0. The van der Waals surface area contributed by atoms with Gasteiger partial charge in [-0.25, -0.2) is 20.3 Å². The molecule has 0 spiro atoms. The maximum Gasteiger partial charge on any atom is 0.329 e. The van der Waals surface area contributed by atoms with Gasteiger partial charge in [-0.15, -0.1) is 5.10 Å². The molecule has 0 saturated heterocycles. The normalized spacial score (nSPS) is 11.4. The van der Waals surface area contributed by atoms with Crippen molar-refractivity contribution in [3.8, 4) is 0 Å². The van der Waals surface area contributed by atoms with Gasteiger partial charge in [0.25, 0.3) is 17.7 Å². The molecule has 352 valence electrons. The number of hydrogen-bond donors (Lipinski definition) is 10. The smallest absolute Gasteiger partial charge is 0.329 e. The van der Waals surface area contributed by atoms with Crippen LogP contribution in [0.2, 0.25) is 10.0 Å². The Hall–Kier alpha value is -7.78. The SMILES string of the molecule is NNC(=O)c1ccccc1.On1nnc2ccccc21.[C-]#[N+]c1ccc(N[C@@H](C(=O)NNC(=O)c2ccccc2)C(C)(C)O)c(C)c1Cl.[C-]#[N+]c1ccc(N[C@@H](C(=O)O)C(C)(C)O)c(C)c1Cl.[HH]. The molecule has 6 rings (SSSR count). The molecule has 0 fully saturated rings. The zero-order valence-corrected chi connectivity index (χ0v) is 38.6. The van der Waals surface area contributed by atoms with Crippen LogP contribution in [0.4, 0.5) is 22.7 Å². The maximum absolute atomic E-state index is 12.6. The number of nitrogens with two attached hydrogens (primary N) is 1. The number of carbonyl (C=O) groups is 4. The molecule has 5 aromatic carbocycles. The van der Waals surface area contributed by atoms with Gasteiger partial charge in [0.05, 0.1) is 34.4 Å². The Morgan fingerprint density at radius 2 is 1.12 bits per heavy atom. The molecule has 0 saturated carbocycles. The molecule has 67 heavy (non-hydrogen) atoms. The summed E-state index contributed by atoms with van der Waals surface area (Å²) in [4.78, 5) is 54.0. The second kappa shape index (κ2) is 24.5. The lowest BCUT2D eigenvalue weighted by molar-refractivity contribution is -0.142. The molecule has 1 aromatic heterocycles. The second-order valence-electron chi connectivity index (χ2n) is 15.3. The Labute approximate surface area is 397 Å². The van der Waals surface area contributed by atoms with Crippen molar-refractivity contribution in [2.45, 2.75) is 64.8 Å². The number of aromatic nitrogens is 3. The van der Waals surface area contributed by atoms with Gasteiger partial charge in [-0.3, -0.25) is 30.7 Å². The summed E-state index contributed by atoms with van der Waals surface area (Å²) in [5.41, 5.74) is 8.80. The number of benzene rings is 5. The molecule has 21 heteroatoms. The number of aliphatic hydroxyl groups is 2. The van der Waals surface area contributed by atoms with Gasteiger partial charge in [0.2, 0.25) is 11.4 Å². The minimum atomic E-state index is -1.46. The maximum atomic E-state index is 12.6. The molecular weight excluding hydrogens is 905 g/mol. The van der Waals surface area contributed by atoms with Crippen molar-refractivity contribution in [1.29, 1.82) is 0 Å². The molecule has 6 aromatic rings. The fourth-order valence-corrected chi connectivity index (χ4v) is 6.04. The Morgan fingerprint density at radius 3 is 1.54 bits per heavy atom. The first-order chi connectivity index (χ1) is 31.5. The van der Waals surface area contributed by atoms with Crippen LogP contribution in [0.25, 0.3) is 20.7 Å². The number of hydrazine groups is 2. The van der Waals surface area contributed by atoms with Crippen LogP contribution < -0.4 is 32.8 Å². The third-order valence-corrected chi connectivity index (χ3v) is 10.3. The van der Waals surface area contributed by atoms with E-state index in [1.54, 1.807) is 92.7 Å². The van der Waals surface area contributed by atoms with Gasteiger partial charge in [-0.2, -0.15) is 0 Å². The predicted octanol–water partition coefficient (Wildman–Crippen LogP) is 7.25. The first-order valence-corrected chi connectivity index (χ1v) is 20.6. The number of rotatable bonds is 10. The van der Waals surface area contributed by atoms with E-state index >= 15 is 0 Å². The van der Waals surface area contributed by atoms with Crippen molar-refractivity contribution >= 4 is 80.7 Å². The van der Waals surface area contributed by atoms with Gasteiger partial charge in [-0.05, 0) is 106 Å². The van der Waals surface area contributed by atoms with Gasteiger partial charge in [-0.1, -0.05) is 88.7 Å². The summed E-state index contributed by atoms with van der Waals surface area (Å²) in [6, 6.07) is 28.3. The number of para-hydroxylation sites is 1.